The van der Waals surface area contributed by atoms with Crippen molar-refractivity contribution in [3.8, 4) is 11.3 Å². The first-order chi connectivity index (χ1) is 11.7. The van der Waals surface area contributed by atoms with Crippen LogP contribution in [0.4, 0.5) is 0 Å². The van der Waals surface area contributed by atoms with E-state index in [1.807, 2.05) is 12.1 Å². The number of aromatic amines is 1. The number of hydrogen-bond donors (Lipinski definition) is 1. The molecule has 3 nitrogen and oxygen atoms in total. The number of nitrogens with one attached hydrogen (secondary N) is 1. The molecule has 0 saturated heterocycles. The number of H-pyrrole nitrogens is 1. The van der Waals surface area contributed by atoms with E-state index in [-0.39, 0.29) is 4.87 Å². The Morgan fingerprint density at radius 2 is 1.88 bits per heavy atom. The standard InChI is InChI=1S/C20H24N2OS/c1-3-5-12-22(4-2)14-18-19(21-20(23)24-18)17-11-10-15-8-6-7-9-16(15)13-17/h6-11,13H,3-5,12,14H2,1-2H3,(H,21,23). The molecule has 4 heteroatoms. The van der Waals surface area contributed by atoms with Crippen LogP contribution in [0.5, 0.6) is 0 Å². The van der Waals surface area contributed by atoms with Crippen molar-refractivity contribution >= 4 is 22.1 Å². The van der Waals surface area contributed by atoms with E-state index in [4.69, 9.17) is 0 Å². The molecule has 0 unspecified atom stereocenters. The van der Waals surface area contributed by atoms with Crippen LogP contribution in [0.15, 0.2) is 47.3 Å². The van der Waals surface area contributed by atoms with Crippen molar-refractivity contribution in [2.24, 2.45) is 0 Å². The lowest BCUT2D eigenvalue weighted by molar-refractivity contribution is 0.278. The predicted molar refractivity (Wildman–Crippen MR) is 104 cm³/mol. The van der Waals surface area contributed by atoms with Crippen LogP contribution >= 0.6 is 11.3 Å². The van der Waals surface area contributed by atoms with Crippen LogP contribution in [0.3, 0.4) is 0 Å². The fourth-order valence-corrected chi connectivity index (χ4v) is 3.88. The van der Waals surface area contributed by atoms with Crippen LogP contribution in [-0.2, 0) is 6.54 Å². The van der Waals surface area contributed by atoms with Gasteiger partial charge in [-0.05, 0) is 41.9 Å². The maximum Gasteiger partial charge on any atom is 0.305 e. The molecule has 0 amide bonds. The topological polar surface area (TPSA) is 36.1 Å². The zero-order chi connectivity index (χ0) is 16.9. The lowest BCUT2D eigenvalue weighted by Gasteiger charge is -2.19. The number of benzene rings is 2. The van der Waals surface area contributed by atoms with Crippen molar-refractivity contribution in [3.05, 3.63) is 57.0 Å². The molecule has 1 heterocycles. The Kier molecular flexibility index (Phi) is 5.48. The van der Waals surface area contributed by atoms with Gasteiger partial charge < -0.3 is 4.98 Å². The Balaban J connectivity index is 1.93. The van der Waals surface area contributed by atoms with Gasteiger partial charge in [0.25, 0.3) is 0 Å². The van der Waals surface area contributed by atoms with Crippen LogP contribution in [0.25, 0.3) is 22.0 Å². The smallest absolute Gasteiger partial charge is 0.305 e. The van der Waals surface area contributed by atoms with Gasteiger partial charge in [-0.25, -0.2) is 0 Å². The fourth-order valence-electron chi connectivity index (χ4n) is 2.98. The van der Waals surface area contributed by atoms with Gasteiger partial charge in [-0.15, -0.1) is 0 Å². The summed E-state index contributed by atoms with van der Waals surface area (Å²) in [4.78, 5) is 18.6. The zero-order valence-electron chi connectivity index (χ0n) is 14.3. The zero-order valence-corrected chi connectivity index (χ0v) is 15.2. The van der Waals surface area contributed by atoms with E-state index in [2.05, 4.69) is 54.1 Å². The van der Waals surface area contributed by atoms with E-state index in [1.54, 1.807) is 0 Å². The molecule has 2 aromatic carbocycles. The molecule has 0 aliphatic heterocycles. The molecular formula is C20H24N2OS. The Bertz CT molecular complexity index is 865. The maximum atomic E-state index is 12.0. The SMILES string of the molecule is CCCCN(CC)Cc1sc(=O)[nH]c1-c1ccc2ccccc2c1. The molecule has 0 aliphatic carbocycles. The molecular weight excluding hydrogens is 316 g/mol. The highest BCUT2D eigenvalue weighted by atomic mass is 32.1. The Hall–Kier alpha value is -1.91. The number of hydrogen-bond acceptors (Lipinski definition) is 3. The fraction of sp³-hybridized carbons (Fsp3) is 0.350. The number of nitrogens with zero attached hydrogens (tertiary/aromatic N) is 1. The molecule has 0 radical (unpaired) electrons. The van der Waals surface area contributed by atoms with Gasteiger partial charge in [-0.1, -0.05) is 68.0 Å². The summed E-state index contributed by atoms with van der Waals surface area (Å²) in [6, 6.07) is 14.7. The predicted octanol–water partition coefficient (Wildman–Crippen LogP) is 4.88. The normalized spacial score (nSPS) is 11.5. The van der Waals surface area contributed by atoms with Crippen molar-refractivity contribution in [1.29, 1.82) is 0 Å². The number of unbranched alkanes of at least 4 members (excludes halogenated alkanes) is 1. The van der Waals surface area contributed by atoms with Gasteiger partial charge in [0.15, 0.2) is 0 Å². The van der Waals surface area contributed by atoms with Gasteiger partial charge in [-0.3, -0.25) is 9.69 Å². The van der Waals surface area contributed by atoms with Gasteiger partial charge >= 0.3 is 4.87 Å². The largest absolute Gasteiger partial charge is 0.312 e. The molecule has 0 spiro atoms. The first-order valence-electron chi connectivity index (χ1n) is 8.64. The average molecular weight is 340 g/mol. The second kappa shape index (κ2) is 7.77. The minimum atomic E-state index is 0.0275. The van der Waals surface area contributed by atoms with E-state index in [1.165, 1.54) is 35.0 Å². The Morgan fingerprint density at radius 1 is 1.08 bits per heavy atom. The molecule has 0 aliphatic rings. The van der Waals surface area contributed by atoms with Crippen molar-refractivity contribution < 1.29 is 0 Å². The van der Waals surface area contributed by atoms with Gasteiger partial charge in [0, 0.05) is 11.4 Å². The van der Waals surface area contributed by atoms with E-state index < -0.39 is 0 Å². The number of fused-ring (bicyclic) bond motifs is 1. The molecule has 0 atom stereocenters. The summed E-state index contributed by atoms with van der Waals surface area (Å²) in [6.45, 7) is 7.31. The highest BCUT2D eigenvalue weighted by Gasteiger charge is 2.14. The summed E-state index contributed by atoms with van der Waals surface area (Å²) in [7, 11) is 0. The summed E-state index contributed by atoms with van der Waals surface area (Å²) < 4.78 is 0. The molecule has 1 aromatic heterocycles. The second-order valence-electron chi connectivity index (χ2n) is 6.10. The van der Waals surface area contributed by atoms with Crippen LogP contribution in [0.1, 0.15) is 31.6 Å². The maximum absolute atomic E-state index is 12.0. The molecule has 24 heavy (non-hydrogen) atoms. The van der Waals surface area contributed by atoms with Crippen molar-refractivity contribution in [2.45, 2.75) is 33.2 Å². The van der Waals surface area contributed by atoms with E-state index in [0.717, 1.165) is 35.8 Å². The summed E-state index contributed by atoms with van der Waals surface area (Å²) >= 11 is 1.34. The monoisotopic (exact) mass is 340 g/mol. The molecule has 3 aromatic rings. The van der Waals surface area contributed by atoms with Crippen LogP contribution in [-0.4, -0.2) is 23.0 Å². The van der Waals surface area contributed by atoms with E-state index in [0.29, 0.717) is 0 Å². The summed E-state index contributed by atoms with van der Waals surface area (Å²) in [5.41, 5.74) is 2.07. The first kappa shape index (κ1) is 16.9. The molecule has 0 saturated carbocycles. The van der Waals surface area contributed by atoms with Crippen LogP contribution in [0, 0.1) is 0 Å². The lowest BCUT2D eigenvalue weighted by Crippen LogP contribution is -2.23. The number of aromatic nitrogens is 1. The van der Waals surface area contributed by atoms with Crippen LogP contribution in [0.2, 0.25) is 0 Å². The summed E-state index contributed by atoms with van der Waals surface area (Å²) in [5, 5.41) is 2.42. The average Bonchev–Trinajstić information content (AvgIpc) is 2.98. The minimum absolute atomic E-state index is 0.0275. The first-order valence-corrected chi connectivity index (χ1v) is 9.46. The Morgan fingerprint density at radius 3 is 2.62 bits per heavy atom. The third kappa shape index (κ3) is 3.77. The van der Waals surface area contributed by atoms with Crippen molar-refractivity contribution in [2.75, 3.05) is 13.1 Å². The minimum Gasteiger partial charge on any atom is -0.312 e. The highest BCUT2D eigenvalue weighted by Crippen LogP contribution is 2.27. The van der Waals surface area contributed by atoms with Crippen LogP contribution < -0.4 is 4.87 Å². The number of thiazole rings is 1. The van der Waals surface area contributed by atoms with E-state index >= 15 is 0 Å². The second-order valence-corrected chi connectivity index (χ2v) is 7.16. The third-order valence-corrected chi connectivity index (χ3v) is 5.27. The van der Waals surface area contributed by atoms with Crippen molar-refractivity contribution in [1.82, 2.24) is 9.88 Å². The quantitative estimate of drug-likeness (QED) is 0.665. The molecule has 0 bridgehead atoms. The summed E-state index contributed by atoms with van der Waals surface area (Å²) in [6.07, 6.45) is 2.38. The highest BCUT2D eigenvalue weighted by molar-refractivity contribution is 7.09. The van der Waals surface area contributed by atoms with Gasteiger partial charge in [0.2, 0.25) is 0 Å². The molecule has 1 N–H and O–H groups in total. The molecule has 0 fully saturated rings. The lowest BCUT2D eigenvalue weighted by atomic mass is 10.0. The summed E-state index contributed by atoms with van der Waals surface area (Å²) in [5.74, 6) is 0. The Labute approximate surface area is 147 Å². The number of rotatable bonds is 7. The van der Waals surface area contributed by atoms with Gasteiger partial charge in [-0.2, -0.15) is 0 Å². The molecule has 3 rings (SSSR count). The third-order valence-electron chi connectivity index (χ3n) is 4.40. The molecule has 126 valence electrons. The van der Waals surface area contributed by atoms with E-state index in [9.17, 15) is 4.79 Å². The van der Waals surface area contributed by atoms with Crippen molar-refractivity contribution in [3.63, 3.8) is 0 Å². The van der Waals surface area contributed by atoms with Gasteiger partial charge in [0.1, 0.15) is 0 Å². The van der Waals surface area contributed by atoms with Gasteiger partial charge in [0.05, 0.1) is 5.69 Å².